The van der Waals surface area contributed by atoms with E-state index in [0.29, 0.717) is 39.7 Å². The maximum absolute atomic E-state index is 13.2. The van der Waals surface area contributed by atoms with Gasteiger partial charge in [0, 0.05) is 50.3 Å². The third kappa shape index (κ3) is 5.79. The molecule has 1 saturated heterocycles. The second kappa shape index (κ2) is 11.1. The first-order chi connectivity index (χ1) is 18.8. The van der Waals surface area contributed by atoms with Gasteiger partial charge in [0.1, 0.15) is 24.7 Å². The second-order valence-corrected chi connectivity index (χ2v) is 13.1. The molecule has 5 rings (SSSR count). The molecular weight excluding hydrogens is 513 g/mol. The summed E-state index contributed by atoms with van der Waals surface area (Å²) >= 11 is 0. The minimum atomic E-state index is -2.72. The molecule has 3 heterocycles. The summed E-state index contributed by atoms with van der Waals surface area (Å²) < 4.78 is 19.0. The number of rotatable bonds is 8. The lowest BCUT2D eigenvalue weighted by Crippen LogP contribution is -2.44. The summed E-state index contributed by atoms with van der Waals surface area (Å²) in [7, 11) is 1.10. The SMILES string of the molecule is CCc1cc(Nc2ncnc(Nc3ccc4nccnc4c3P(C)(C)=O)n2)c(OC)cc1N1CCN(C)CC1. The normalized spacial score (nSPS) is 14.4. The molecule has 0 aliphatic carbocycles. The predicted molar refractivity (Wildman–Crippen MR) is 157 cm³/mol. The van der Waals surface area contributed by atoms with Gasteiger partial charge in [-0.15, -0.1) is 0 Å². The molecule has 0 saturated carbocycles. The lowest BCUT2D eigenvalue weighted by atomic mass is 10.1. The van der Waals surface area contributed by atoms with Gasteiger partial charge in [-0.2, -0.15) is 4.98 Å². The summed E-state index contributed by atoms with van der Waals surface area (Å²) in [6.45, 7) is 9.60. The fraction of sp³-hybridized carbons (Fsp3) is 0.370. The highest BCUT2D eigenvalue weighted by Gasteiger charge is 2.23. The summed E-state index contributed by atoms with van der Waals surface area (Å²) in [5.74, 6) is 1.39. The monoisotopic (exact) mass is 547 g/mol. The first-order valence-corrected chi connectivity index (χ1v) is 15.5. The minimum absolute atomic E-state index is 0.314. The van der Waals surface area contributed by atoms with Crippen molar-refractivity contribution in [1.82, 2.24) is 29.8 Å². The van der Waals surface area contributed by atoms with Crippen LogP contribution < -0.4 is 25.6 Å². The smallest absolute Gasteiger partial charge is 0.232 e. The molecule has 1 aliphatic rings. The summed E-state index contributed by atoms with van der Waals surface area (Å²) in [4.78, 5) is 26.8. The van der Waals surface area contributed by atoms with Crippen LogP contribution in [0.1, 0.15) is 12.5 Å². The number of hydrogen-bond acceptors (Lipinski definition) is 11. The van der Waals surface area contributed by atoms with Gasteiger partial charge in [-0.3, -0.25) is 9.97 Å². The van der Waals surface area contributed by atoms with Crippen molar-refractivity contribution in [1.29, 1.82) is 0 Å². The number of aryl methyl sites for hydroxylation is 1. The zero-order valence-corrected chi connectivity index (χ0v) is 23.9. The summed E-state index contributed by atoms with van der Waals surface area (Å²) in [5, 5.41) is 7.13. The molecule has 0 radical (unpaired) electrons. The summed E-state index contributed by atoms with van der Waals surface area (Å²) in [6.07, 6.45) is 5.53. The van der Waals surface area contributed by atoms with E-state index in [1.54, 1.807) is 32.8 Å². The Morgan fingerprint density at radius 2 is 1.64 bits per heavy atom. The first-order valence-electron chi connectivity index (χ1n) is 12.9. The fourth-order valence-electron chi connectivity index (χ4n) is 4.83. The Bertz CT molecular complexity index is 1530. The number of hydrogen-bond donors (Lipinski definition) is 2. The van der Waals surface area contributed by atoms with Crippen molar-refractivity contribution in [3.05, 3.63) is 48.5 Å². The number of benzene rings is 2. The zero-order chi connectivity index (χ0) is 27.6. The van der Waals surface area contributed by atoms with E-state index in [0.717, 1.165) is 38.3 Å². The summed E-state index contributed by atoms with van der Waals surface area (Å²) in [5.41, 5.74) is 5.09. The Hall–Kier alpha value is -3.82. The second-order valence-electron chi connectivity index (χ2n) is 9.94. The van der Waals surface area contributed by atoms with Crippen molar-refractivity contribution in [3.8, 4) is 5.75 Å². The Morgan fingerprint density at radius 1 is 0.949 bits per heavy atom. The van der Waals surface area contributed by atoms with Crippen LogP contribution in [0.5, 0.6) is 5.75 Å². The molecule has 12 heteroatoms. The van der Waals surface area contributed by atoms with Crippen molar-refractivity contribution < 1.29 is 9.30 Å². The van der Waals surface area contributed by atoms with E-state index in [9.17, 15) is 4.57 Å². The van der Waals surface area contributed by atoms with Crippen LogP contribution in [-0.4, -0.2) is 83.5 Å². The maximum Gasteiger partial charge on any atom is 0.232 e. The molecule has 1 aliphatic heterocycles. The van der Waals surface area contributed by atoms with E-state index < -0.39 is 7.14 Å². The van der Waals surface area contributed by atoms with E-state index in [1.165, 1.54) is 17.6 Å². The van der Waals surface area contributed by atoms with Gasteiger partial charge in [0.15, 0.2) is 0 Å². The van der Waals surface area contributed by atoms with Gasteiger partial charge < -0.3 is 29.7 Å². The molecule has 1 fully saturated rings. The van der Waals surface area contributed by atoms with Crippen LogP contribution in [0.4, 0.5) is 29.0 Å². The van der Waals surface area contributed by atoms with E-state index in [2.05, 4.69) is 71.5 Å². The van der Waals surface area contributed by atoms with E-state index in [-0.39, 0.29) is 0 Å². The number of piperazine rings is 1. The number of nitrogens with one attached hydrogen (secondary N) is 2. The van der Waals surface area contributed by atoms with Gasteiger partial charge in [0.05, 0.1) is 29.3 Å². The minimum Gasteiger partial charge on any atom is -0.494 e. The lowest BCUT2D eigenvalue weighted by molar-refractivity contribution is 0.312. The molecule has 39 heavy (non-hydrogen) atoms. The molecule has 0 atom stereocenters. The number of ether oxygens (including phenoxy) is 1. The lowest BCUT2D eigenvalue weighted by Gasteiger charge is -2.35. The Balaban J connectivity index is 1.44. The quantitative estimate of drug-likeness (QED) is 0.313. The third-order valence-electron chi connectivity index (χ3n) is 6.84. The number of likely N-dealkylation sites (N-methyl/N-ethyl adjacent to an activating group) is 1. The van der Waals surface area contributed by atoms with Gasteiger partial charge in [-0.25, -0.2) is 9.97 Å². The summed E-state index contributed by atoms with van der Waals surface area (Å²) in [6, 6.07) is 7.86. The van der Waals surface area contributed by atoms with Crippen LogP contribution in [0.2, 0.25) is 0 Å². The van der Waals surface area contributed by atoms with Crippen LogP contribution >= 0.6 is 7.14 Å². The fourth-order valence-corrected chi connectivity index (χ4v) is 6.22. The third-order valence-corrected chi connectivity index (χ3v) is 8.37. The molecular formula is C27H34N9O2P. The van der Waals surface area contributed by atoms with Gasteiger partial charge in [0.2, 0.25) is 11.9 Å². The van der Waals surface area contributed by atoms with Gasteiger partial charge in [-0.1, -0.05) is 6.92 Å². The average molecular weight is 548 g/mol. The van der Waals surface area contributed by atoms with E-state index in [4.69, 9.17) is 4.74 Å². The molecule has 0 bridgehead atoms. The Labute approximate surface area is 228 Å². The number of methoxy groups -OCH3 is 1. The highest BCUT2D eigenvalue weighted by Crippen LogP contribution is 2.41. The zero-order valence-electron chi connectivity index (χ0n) is 23.0. The molecule has 0 unspecified atom stereocenters. The van der Waals surface area contributed by atoms with Crippen LogP contribution in [-0.2, 0) is 11.0 Å². The Kier molecular flexibility index (Phi) is 7.63. The van der Waals surface area contributed by atoms with Crippen LogP contribution in [0, 0.1) is 0 Å². The van der Waals surface area contributed by atoms with E-state index in [1.807, 2.05) is 12.1 Å². The van der Waals surface area contributed by atoms with E-state index >= 15 is 0 Å². The molecule has 2 aromatic heterocycles. The van der Waals surface area contributed by atoms with Gasteiger partial charge in [-0.05, 0) is 50.6 Å². The number of aromatic nitrogens is 5. The van der Waals surface area contributed by atoms with Crippen molar-refractivity contribution >= 4 is 52.4 Å². The maximum atomic E-state index is 13.2. The molecule has 2 N–H and O–H groups in total. The standard InChI is InChI=1S/C27H34N9O2P/c1-6-18-15-21(23(38-3)16-22(18)36-13-11-35(2)12-14-36)33-27-31-17-30-26(34-27)32-20-8-7-19-24(29-10-9-28-19)25(20)39(4,5)37/h7-10,15-17H,6,11-14H2,1-5H3,(H2,30,31,32,33,34). The molecule has 204 valence electrons. The van der Waals surface area contributed by atoms with Crippen LogP contribution in [0.15, 0.2) is 43.0 Å². The molecule has 0 spiro atoms. The Morgan fingerprint density at radius 3 is 2.31 bits per heavy atom. The van der Waals surface area contributed by atoms with Crippen molar-refractivity contribution in [2.45, 2.75) is 13.3 Å². The first kappa shape index (κ1) is 26.8. The number of nitrogens with zero attached hydrogens (tertiary/aromatic N) is 7. The molecule has 4 aromatic rings. The molecule has 0 amide bonds. The van der Waals surface area contributed by atoms with Crippen LogP contribution in [0.25, 0.3) is 11.0 Å². The molecule has 11 nitrogen and oxygen atoms in total. The predicted octanol–water partition coefficient (Wildman–Crippen LogP) is 3.87. The average Bonchev–Trinajstić information content (AvgIpc) is 2.92. The van der Waals surface area contributed by atoms with Crippen LogP contribution in [0.3, 0.4) is 0 Å². The highest BCUT2D eigenvalue weighted by atomic mass is 31.2. The van der Waals surface area contributed by atoms with Crippen molar-refractivity contribution in [2.75, 3.05) is 69.2 Å². The largest absolute Gasteiger partial charge is 0.494 e. The van der Waals surface area contributed by atoms with Crippen molar-refractivity contribution in [3.63, 3.8) is 0 Å². The highest BCUT2D eigenvalue weighted by molar-refractivity contribution is 7.71. The van der Waals surface area contributed by atoms with Crippen molar-refractivity contribution in [2.24, 2.45) is 0 Å². The molecule has 2 aromatic carbocycles. The van der Waals surface area contributed by atoms with Gasteiger partial charge in [0.25, 0.3) is 0 Å². The topological polar surface area (TPSA) is 121 Å². The number of fused-ring (bicyclic) bond motifs is 1. The number of anilines is 5. The van der Waals surface area contributed by atoms with Gasteiger partial charge >= 0.3 is 0 Å².